The first-order valence-corrected chi connectivity index (χ1v) is 9.13. The summed E-state index contributed by atoms with van der Waals surface area (Å²) in [6.07, 6.45) is 1.69. The largest absolute Gasteiger partial charge is 0.488 e. The number of rotatable bonds is 4. The lowest BCUT2D eigenvalue weighted by Gasteiger charge is -2.20. The van der Waals surface area contributed by atoms with Gasteiger partial charge in [0.05, 0.1) is 16.7 Å². The minimum atomic E-state index is -3.93. The van der Waals surface area contributed by atoms with E-state index in [-0.39, 0.29) is 34.0 Å². The number of sulfonamides is 1. The summed E-state index contributed by atoms with van der Waals surface area (Å²) in [4.78, 5) is -0.140. The van der Waals surface area contributed by atoms with Crippen LogP contribution in [0.25, 0.3) is 0 Å². The Morgan fingerprint density at radius 3 is 2.71 bits per heavy atom. The fourth-order valence-corrected chi connectivity index (χ4v) is 4.05. The third-order valence-electron chi connectivity index (χ3n) is 3.25. The lowest BCUT2D eigenvalue weighted by atomic mass is 10.1. The van der Waals surface area contributed by atoms with E-state index in [0.717, 1.165) is 12.8 Å². The van der Waals surface area contributed by atoms with E-state index in [1.165, 1.54) is 6.07 Å². The van der Waals surface area contributed by atoms with Gasteiger partial charge in [-0.25, -0.2) is 13.6 Å². The number of halogens is 2. The molecule has 1 aliphatic heterocycles. The molecule has 1 fully saturated rings. The molecule has 0 aliphatic carbocycles. The molecule has 8 heteroatoms. The van der Waals surface area contributed by atoms with Crippen molar-refractivity contribution < 1.29 is 17.9 Å². The van der Waals surface area contributed by atoms with E-state index in [9.17, 15) is 8.42 Å². The summed E-state index contributed by atoms with van der Waals surface area (Å²) >= 11 is 9.25. The van der Waals surface area contributed by atoms with E-state index in [1.54, 1.807) is 6.07 Å². The third-order valence-corrected chi connectivity index (χ3v) is 4.90. The molecule has 1 unspecified atom stereocenters. The topological polar surface area (TPSA) is 78.6 Å². The fraction of sp³-hybridized carbons (Fsp3) is 0.538. The normalized spacial score (nSPS) is 21.5. The summed E-state index contributed by atoms with van der Waals surface area (Å²) in [5, 5.41) is 5.39. The molecule has 0 bridgehead atoms. The molecule has 1 aromatic carbocycles. The highest BCUT2D eigenvalue weighted by Gasteiger charge is 2.32. The molecule has 0 radical (unpaired) electrons. The quantitative estimate of drug-likeness (QED) is 0.845. The summed E-state index contributed by atoms with van der Waals surface area (Å²) in [5.41, 5.74) is -0.180. The number of hydrogen-bond donors (Lipinski definition) is 1. The van der Waals surface area contributed by atoms with Crippen LogP contribution < -0.4 is 9.88 Å². The van der Waals surface area contributed by atoms with Crippen molar-refractivity contribution in [3.63, 3.8) is 0 Å². The lowest BCUT2D eigenvalue weighted by Crippen LogP contribution is -2.24. The highest BCUT2D eigenvalue weighted by molar-refractivity contribution is 9.10. The zero-order valence-corrected chi connectivity index (χ0v) is 14.9. The molecule has 0 spiro atoms. The van der Waals surface area contributed by atoms with Crippen LogP contribution in [-0.2, 0) is 14.8 Å². The second-order valence-electron chi connectivity index (χ2n) is 5.61. The van der Waals surface area contributed by atoms with Crippen LogP contribution in [0.4, 0.5) is 0 Å². The molecular weight excluding hydrogens is 382 g/mol. The van der Waals surface area contributed by atoms with Gasteiger partial charge >= 0.3 is 0 Å². The number of nitrogens with two attached hydrogens (primary N) is 1. The van der Waals surface area contributed by atoms with Crippen molar-refractivity contribution in [2.75, 3.05) is 6.61 Å². The highest BCUT2D eigenvalue weighted by atomic mass is 79.9. The van der Waals surface area contributed by atoms with E-state index < -0.39 is 10.0 Å². The van der Waals surface area contributed by atoms with Crippen LogP contribution in [0.5, 0.6) is 5.75 Å². The number of hydrogen-bond acceptors (Lipinski definition) is 4. The van der Waals surface area contributed by atoms with E-state index in [0.29, 0.717) is 4.47 Å². The van der Waals surface area contributed by atoms with Crippen LogP contribution in [-0.4, -0.2) is 26.7 Å². The second kappa shape index (κ2) is 6.04. The van der Waals surface area contributed by atoms with Crippen LogP contribution in [0, 0.1) is 0 Å². The Balaban J connectivity index is 2.20. The third kappa shape index (κ3) is 4.32. The average molecular weight is 399 g/mol. The molecular formula is C13H17BrClNO4S. The van der Waals surface area contributed by atoms with Gasteiger partial charge in [-0.15, -0.1) is 0 Å². The second-order valence-corrected chi connectivity index (χ2v) is 8.46. The molecule has 0 amide bonds. The van der Waals surface area contributed by atoms with E-state index in [1.807, 2.05) is 13.8 Å². The standard InChI is InChI=1S/C13H17BrClNO4S/c1-13(2)4-3-9(20-13)7-19-12-10(15)5-8(14)6-11(12)21(16,17)18/h5-6,9H,3-4,7H2,1-2H3,(H2,16,17,18). The van der Waals surface area contributed by atoms with Gasteiger partial charge in [-0.2, -0.15) is 0 Å². The van der Waals surface area contributed by atoms with Crippen molar-refractivity contribution in [2.24, 2.45) is 5.14 Å². The van der Waals surface area contributed by atoms with Gasteiger partial charge in [-0.05, 0) is 38.8 Å². The smallest absolute Gasteiger partial charge is 0.241 e. The van der Waals surface area contributed by atoms with Gasteiger partial charge in [0.25, 0.3) is 0 Å². The summed E-state index contributed by atoms with van der Waals surface area (Å²) in [5.74, 6) is 0.0654. The molecule has 2 rings (SSSR count). The Hall–Kier alpha value is -0.340. The zero-order valence-electron chi connectivity index (χ0n) is 11.7. The molecule has 0 aromatic heterocycles. The molecule has 118 valence electrons. The average Bonchev–Trinajstić information content (AvgIpc) is 2.65. The van der Waals surface area contributed by atoms with Crippen molar-refractivity contribution in [2.45, 2.75) is 43.3 Å². The first-order valence-electron chi connectivity index (χ1n) is 6.41. The van der Waals surface area contributed by atoms with Gasteiger partial charge < -0.3 is 9.47 Å². The van der Waals surface area contributed by atoms with Gasteiger partial charge in [0.2, 0.25) is 10.0 Å². The maximum atomic E-state index is 11.6. The molecule has 0 saturated carbocycles. The number of benzene rings is 1. The Morgan fingerprint density at radius 1 is 1.52 bits per heavy atom. The number of primary sulfonamides is 1. The van der Waals surface area contributed by atoms with Gasteiger partial charge in [0.15, 0.2) is 5.75 Å². The molecule has 1 aromatic rings. The van der Waals surface area contributed by atoms with Crippen molar-refractivity contribution >= 4 is 37.6 Å². The lowest BCUT2D eigenvalue weighted by molar-refractivity contribution is -0.0330. The SMILES string of the molecule is CC1(C)CCC(COc2c(Cl)cc(Br)cc2S(N)(=O)=O)O1. The van der Waals surface area contributed by atoms with Crippen LogP contribution in [0.3, 0.4) is 0 Å². The fourth-order valence-electron chi connectivity index (χ4n) is 2.26. The van der Waals surface area contributed by atoms with Crippen LogP contribution >= 0.6 is 27.5 Å². The Labute approximate surface area is 137 Å². The first kappa shape index (κ1) is 17.0. The van der Waals surface area contributed by atoms with Crippen molar-refractivity contribution in [1.29, 1.82) is 0 Å². The predicted molar refractivity (Wildman–Crippen MR) is 84.2 cm³/mol. The summed E-state index contributed by atoms with van der Waals surface area (Å²) in [6, 6.07) is 2.93. The maximum absolute atomic E-state index is 11.6. The van der Waals surface area contributed by atoms with Crippen LogP contribution in [0.2, 0.25) is 5.02 Å². The highest BCUT2D eigenvalue weighted by Crippen LogP contribution is 2.36. The summed E-state index contributed by atoms with van der Waals surface area (Å²) < 4.78 is 35.2. The first-order chi connectivity index (χ1) is 9.58. The molecule has 5 nitrogen and oxygen atoms in total. The Morgan fingerprint density at radius 2 is 2.19 bits per heavy atom. The predicted octanol–water partition coefficient (Wildman–Crippen LogP) is 3.09. The maximum Gasteiger partial charge on any atom is 0.241 e. The van der Waals surface area contributed by atoms with Gasteiger partial charge in [0, 0.05) is 4.47 Å². The molecule has 1 aliphatic rings. The van der Waals surface area contributed by atoms with Crippen molar-refractivity contribution in [3.8, 4) is 5.75 Å². The molecule has 1 heterocycles. The monoisotopic (exact) mass is 397 g/mol. The minimum absolute atomic E-state index is 0.0654. The molecule has 21 heavy (non-hydrogen) atoms. The Bertz CT molecular complexity index is 648. The van der Waals surface area contributed by atoms with E-state index >= 15 is 0 Å². The van der Waals surface area contributed by atoms with Crippen molar-refractivity contribution in [1.82, 2.24) is 0 Å². The zero-order chi connectivity index (χ0) is 15.8. The van der Waals surface area contributed by atoms with Crippen molar-refractivity contribution in [3.05, 3.63) is 21.6 Å². The molecule has 2 N–H and O–H groups in total. The summed E-state index contributed by atoms with van der Waals surface area (Å²) in [7, 11) is -3.93. The van der Waals surface area contributed by atoms with Gasteiger partial charge in [0.1, 0.15) is 11.5 Å². The van der Waals surface area contributed by atoms with E-state index in [4.69, 9.17) is 26.2 Å². The van der Waals surface area contributed by atoms with E-state index in [2.05, 4.69) is 15.9 Å². The molecule has 1 saturated heterocycles. The molecule has 1 atom stereocenters. The summed E-state index contributed by atoms with van der Waals surface area (Å²) in [6.45, 7) is 4.25. The minimum Gasteiger partial charge on any atom is -0.488 e. The Kier molecular flexibility index (Phi) is 4.90. The van der Waals surface area contributed by atoms with Crippen LogP contribution in [0.15, 0.2) is 21.5 Å². The number of ether oxygens (including phenoxy) is 2. The van der Waals surface area contributed by atoms with Gasteiger partial charge in [-0.3, -0.25) is 0 Å². The van der Waals surface area contributed by atoms with Gasteiger partial charge in [-0.1, -0.05) is 27.5 Å². The van der Waals surface area contributed by atoms with Crippen LogP contribution in [0.1, 0.15) is 26.7 Å².